The van der Waals surface area contributed by atoms with E-state index in [9.17, 15) is 0 Å². The van der Waals surface area contributed by atoms with Crippen molar-refractivity contribution in [2.45, 2.75) is 25.7 Å². The van der Waals surface area contributed by atoms with E-state index >= 15 is 0 Å². The molecule has 0 saturated heterocycles. The van der Waals surface area contributed by atoms with Gasteiger partial charge in [0.2, 0.25) is 0 Å². The maximum atomic E-state index is 7.91. The van der Waals surface area contributed by atoms with E-state index in [1.807, 2.05) is 0 Å². The molecule has 0 atom stereocenters. The third-order valence-electron chi connectivity index (χ3n) is 1.20. The minimum Gasteiger partial charge on any atom is -0.127 e. The molecule has 0 N–H and O–H groups in total. The maximum absolute atomic E-state index is 7.91. The largest absolute Gasteiger partial charge is 0.127 e. The molecule has 10 heavy (non-hydrogen) atoms. The fourth-order valence-electron chi connectivity index (χ4n) is 0.675. The standard InChI is InChI=1S/C6H12ClN3/c7-5-3-1-2-4-6-9-10-8/h1-6H2. The molecule has 3 nitrogen and oxygen atoms in total. The molecular weight excluding hydrogens is 150 g/mol. The number of alkyl halides is 1. The number of nitrogens with zero attached hydrogens (tertiary/aromatic N) is 3. The molecule has 58 valence electrons. The molecule has 0 spiro atoms. The molecular formula is C6H12ClN3. The van der Waals surface area contributed by atoms with Crippen LogP contribution in [0.3, 0.4) is 0 Å². The van der Waals surface area contributed by atoms with Gasteiger partial charge in [0.05, 0.1) is 0 Å². The van der Waals surface area contributed by atoms with Gasteiger partial charge in [0.15, 0.2) is 0 Å². The predicted octanol–water partition coefficient (Wildman–Crippen LogP) is 3.10. The van der Waals surface area contributed by atoms with Crippen molar-refractivity contribution >= 4 is 11.6 Å². The van der Waals surface area contributed by atoms with E-state index in [0.717, 1.165) is 31.6 Å². The van der Waals surface area contributed by atoms with Gasteiger partial charge in [-0.2, -0.15) is 0 Å². The highest BCUT2D eigenvalue weighted by molar-refractivity contribution is 6.17. The second-order valence-corrected chi connectivity index (χ2v) is 2.44. The van der Waals surface area contributed by atoms with Crippen LogP contribution in [0.15, 0.2) is 5.11 Å². The van der Waals surface area contributed by atoms with E-state index in [0.29, 0.717) is 6.54 Å². The van der Waals surface area contributed by atoms with Gasteiger partial charge in [0.25, 0.3) is 0 Å². The molecule has 0 heterocycles. The Hall–Kier alpha value is -0.400. The van der Waals surface area contributed by atoms with Crippen LogP contribution in [0.5, 0.6) is 0 Å². The van der Waals surface area contributed by atoms with Crippen molar-refractivity contribution < 1.29 is 0 Å². The molecule has 0 aromatic heterocycles. The van der Waals surface area contributed by atoms with Gasteiger partial charge in [-0.05, 0) is 18.4 Å². The Labute approximate surface area is 66.0 Å². The van der Waals surface area contributed by atoms with Crippen molar-refractivity contribution in [2.75, 3.05) is 12.4 Å². The fourth-order valence-corrected chi connectivity index (χ4v) is 0.864. The zero-order valence-corrected chi connectivity index (χ0v) is 6.72. The van der Waals surface area contributed by atoms with E-state index in [2.05, 4.69) is 10.0 Å². The lowest BCUT2D eigenvalue weighted by atomic mass is 10.2. The summed E-state index contributed by atoms with van der Waals surface area (Å²) in [5, 5.41) is 3.42. The van der Waals surface area contributed by atoms with Crippen molar-refractivity contribution in [3.63, 3.8) is 0 Å². The Kier molecular flexibility index (Phi) is 8.26. The second kappa shape index (κ2) is 8.60. The molecule has 0 radical (unpaired) electrons. The van der Waals surface area contributed by atoms with Crippen molar-refractivity contribution in [1.29, 1.82) is 0 Å². The highest BCUT2D eigenvalue weighted by atomic mass is 35.5. The van der Waals surface area contributed by atoms with Crippen LogP contribution < -0.4 is 0 Å². The number of hydrogen-bond acceptors (Lipinski definition) is 1. The quantitative estimate of drug-likeness (QED) is 0.189. The molecule has 4 heteroatoms. The van der Waals surface area contributed by atoms with E-state index in [1.165, 1.54) is 0 Å². The monoisotopic (exact) mass is 161 g/mol. The number of rotatable bonds is 6. The van der Waals surface area contributed by atoms with E-state index in [4.69, 9.17) is 17.1 Å². The fraction of sp³-hybridized carbons (Fsp3) is 1.00. The Morgan fingerprint density at radius 2 is 1.90 bits per heavy atom. The first-order valence-corrected chi connectivity index (χ1v) is 4.02. The van der Waals surface area contributed by atoms with Crippen LogP contribution >= 0.6 is 11.6 Å². The van der Waals surface area contributed by atoms with Crippen LogP contribution in [0.1, 0.15) is 25.7 Å². The van der Waals surface area contributed by atoms with Crippen molar-refractivity contribution in [1.82, 2.24) is 0 Å². The molecule has 0 aromatic rings. The van der Waals surface area contributed by atoms with Gasteiger partial charge in [-0.3, -0.25) is 0 Å². The van der Waals surface area contributed by atoms with Gasteiger partial charge >= 0.3 is 0 Å². The van der Waals surface area contributed by atoms with Crippen LogP contribution in [-0.2, 0) is 0 Å². The highest BCUT2D eigenvalue weighted by Crippen LogP contribution is 2.00. The first-order chi connectivity index (χ1) is 4.91. The molecule has 0 fully saturated rings. The summed E-state index contributed by atoms with van der Waals surface area (Å²) in [7, 11) is 0. The third-order valence-corrected chi connectivity index (χ3v) is 1.47. The maximum Gasteiger partial charge on any atom is 0.0257 e. The second-order valence-electron chi connectivity index (χ2n) is 2.06. The van der Waals surface area contributed by atoms with Gasteiger partial charge in [0.1, 0.15) is 0 Å². The Balaban J connectivity index is 2.83. The SMILES string of the molecule is [N-]=[N+]=NCCCCCCCl. The zero-order valence-electron chi connectivity index (χ0n) is 5.96. The summed E-state index contributed by atoms with van der Waals surface area (Å²) in [5.41, 5.74) is 7.91. The molecule has 0 aliphatic carbocycles. The average Bonchev–Trinajstić information content (AvgIpc) is 1.97. The topological polar surface area (TPSA) is 48.8 Å². The van der Waals surface area contributed by atoms with Crippen LogP contribution in [0, 0.1) is 0 Å². The average molecular weight is 162 g/mol. The summed E-state index contributed by atoms with van der Waals surface area (Å²) < 4.78 is 0. The molecule has 0 aliphatic rings. The predicted molar refractivity (Wildman–Crippen MR) is 43.2 cm³/mol. The lowest BCUT2D eigenvalue weighted by molar-refractivity contribution is 0.675. The van der Waals surface area contributed by atoms with E-state index in [1.54, 1.807) is 0 Å². The molecule has 0 unspecified atom stereocenters. The van der Waals surface area contributed by atoms with Gasteiger partial charge in [-0.1, -0.05) is 18.0 Å². The van der Waals surface area contributed by atoms with Crippen LogP contribution in [0.4, 0.5) is 0 Å². The lowest BCUT2D eigenvalue weighted by Gasteiger charge is -1.93. The third kappa shape index (κ3) is 7.60. The first kappa shape index (κ1) is 9.60. The number of azide groups is 1. The van der Waals surface area contributed by atoms with E-state index < -0.39 is 0 Å². The minimum absolute atomic E-state index is 0.624. The van der Waals surface area contributed by atoms with Gasteiger partial charge in [0, 0.05) is 17.3 Å². The Morgan fingerprint density at radius 3 is 2.50 bits per heavy atom. The smallest absolute Gasteiger partial charge is 0.0257 e. The van der Waals surface area contributed by atoms with Gasteiger partial charge in [-0.25, -0.2) is 0 Å². The summed E-state index contributed by atoms with van der Waals surface area (Å²) in [6.45, 7) is 0.624. The molecule has 0 rings (SSSR count). The molecule has 0 aromatic carbocycles. The Morgan fingerprint density at radius 1 is 1.20 bits per heavy atom. The van der Waals surface area contributed by atoms with Gasteiger partial charge in [-0.15, -0.1) is 11.6 Å². The first-order valence-electron chi connectivity index (χ1n) is 3.48. The summed E-state index contributed by atoms with van der Waals surface area (Å²) >= 11 is 5.46. The number of unbranched alkanes of at least 4 members (excludes halogenated alkanes) is 3. The van der Waals surface area contributed by atoms with Crippen molar-refractivity contribution in [3.8, 4) is 0 Å². The van der Waals surface area contributed by atoms with Crippen LogP contribution in [0.25, 0.3) is 10.4 Å². The summed E-state index contributed by atoms with van der Waals surface area (Å²) in [5.74, 6) is 0.738. The molecule has 0 bridgehead atoms. The van der Waals surface area contributed by atoms with Crippen molar-refractivity contribution in [3.05, 3.63) is 10.4 Å². The molecule has 0 saturated carbocycles. The minimum atomic E-state index is 0.624. The van der Waals surface area contributed by atoms with E-state index in [-0.39, 0.29) is 0 Å². The summed E-state index contributed by atoms with van der Waals surface area (Å²) in [4.78, 5) is 2.65. The zero-order chi connectivity index (χ0) is 7.66. The Bertz CT molecular complexity index is 110. The normalized spacial score (nSPS) is 8.90. The highest BCUT2D eigenvalue weighted by Gasteiger charge is 1.86. The summed E-state index contributed by atoms with van der Waals surface area (Å²) in [6, 6.07) is 0. The van der Waals surface area contributed by atoms with Crippen LogP contribution in [-0.4, -0.2) is 12.4 Å². The van der Waals surface area contributed by atoms with Gasteiger partial charge < -0.3 is 0 Å². The number of halogens is 1. The molecule has 0 aliphatic heterocycles. The van der Waals surface area contributed by atoms with Crippen molar-refractivity contribution in [2.24, 2.45) is 5.11 Å². The van der Waals surface area contributed by atoms with Crippen LogP contribution in [0.2, 0.25) is 0 Å². The molecule has 0 amide bonds. The lowest BCUT2D eigenvalue weighted by Crippen LogP contribution is -1.81. The number of hydrogen-bond donors (Lipinski definition) is 0. The summed E-state index contributed by atoms with van der Waals surface area (Å²) in [6.07, 6.45) is 4.31.